The van der Waals surface area contributed by atoms with Gasteiger partial charge in [-0.05, 0) is 38.5 Å². The van der Waals surface area contributed by atoms with E-state index in [0.717, 1.165) is 11.4 Å². The largest absolute Gasteiger partial charge is 0.368 e. The summed E-state index contributed by atoms with van der Waals surface area (Å²) in [4.78, 5) is 34.5. The van der Waals surface area contributed by atoms with Gasteiger partial charge in [0.2, 0.25) is 5.91 Å². The summed E-state index contributed by atoms with van der Waals surface area (Å²) in [5.74, 6) is 0.677. The average molecular weight is 347 g/mol. The molecule has 7 nitrogen and oxygen atoms in total. The zero-order valence-corrected chi connectivity index (χ0v) is 14.7. The lowest BCUT2D eigenvalue weighted by molar-refractivity contribution is -0.120. The number of hydrogen-bond acceptors (Lipinski definition) is 6. The third-order valence-electron chi connectivity index (χ3n) is 3.15. The van der Waals surface area contributed by atoms with E-state index in [1.807, 2.05) is 19.1 Å². The number of aryl methyl sites for hydroxylation is 2. The van der Waals surface area contributed by atoms with Crippen molar-refractivity contribution in [2.75, 3.05) is 18.4 Å². The lowest BCUT2D eigenvalue weighted by atomic mass is 10.3. The van der Waals surface area contributed by atoms with Gasteiger partial charge in [0, 0.05) is 31.0 Å². The minimum Gasteiger partial charge on any atom is -0.368 e. The van der Waals surface area contributed by atoms with Gasteiger partial charge in [-0.3, -0.25) is 9.59 Å². The molecule has 0 radical (unpaired) electrons. The van der Waals surface area contributed by atoms with Crippen molar-refractivity contribution in [2.45, 2.75) is 31.2 Å². The number of anilines is 1. The number of carbonyl (C=O) groups is 1. The quantitative estimate of drug-likeness (QED) is 0.399. The molecule has 2 heterocycles. The smallest absolute Gasteiger partial charge is 0.251 e. The summed E-state index contributed by atoms with van der Waals surface area (Å²) < 4.78 is 0. The maximum Gasteiger partial charge on any atom is 0.251 e. The fourth-order valence-electron chi connectivity index (χ4n) is 1.98. The molecule has 2 aromatic heterocycles. The van der Waals surface area contributed by atoms with E-state index < -0.39 is 0 Å². The van der Waals surface area contributed by atoms with Gasteiger partial charge in [-0.1, -0.05) is 11.8 Å². The van der Waals surface area contributed by atoms with Crippen LogP contribution in [0.3, 0.4) is 0 Å². The first-order valence-electron chi connectivity index (χ1n) is 7.63. The van der Waals surface area contributed by atoms with Crippen LogP contribution in [0.2, 0.25) is 0 Å². The second-order valence-corrected chi connectivity index (χ2v) is 6.72. The highest BCUT2D eigenvalue weighted by Crippen LogP contribution is 2.18. The van der Waals surface area contributed by atoms with E-state index in [1.165, 1.54) is 17.8 Å². The number of pyridine rings is 1. The Morgan fingerprint density at radius 3 is 2.83 bits per heavy atom. The zero-order valence-electron chi connectivity index (χ0n) is 13.9. The molecule has 1 atom stereocenters. The highest BCUT2D eigenvalue weighted by molar-refractivity contribution is 8.00. The van der Waals surface area contributed by atoms with Gasteiger partial charge in [0.1, 0.15) is 5.82 Å². The van der Waals surface area contributed by atoms with Crippen molar-refractivity contribution in [3.8, 4) is 0 Å². The number of aromatic nitrogens is 3. The molecular weight excluding hydrogens is 326 g/mol. The number of rotatable bonds is 7. The van der Waals surface area contributed by atoms with Crippen molar-refractivity contribution in [3.05, 3.63) is 46.0 Å². The first kappa shape index (κ1) is 18.0. The van der Waals surface area contributed by atoms with Gasteiger partial charge >= 0.3 is 0 Å². The van der Waals surface area contributed by atoms with E-state index in [4.69, 9.17) is 0 Å². The lowest BCUT2D eigenvalue weighted by Gasteiger charge is -2.12. The van der Waals surface area contributed by atoms with Crippen molar-refractivity contribution in [1.82, 2.24) is 20.3 Å². The SMILES string of the molecule is Cc1ccnc(NCCNC(=O)C(C)Sc2nc(C)cc(=O)[nH]2)c1. The minimum absolute atomic E-state index is 0.108. The van der Waals surface area contributed by atoms with Crippen LogP contribution in [0.5, 0.6) is 0 Å². The summed E-state index contributed by atoms with van der Waals surface area (Å²) >= 11 is 1.22. The molecule has 2 aromatic rings. The number of carbonyl (C=O) groups excluding carboxylic acids is 1. The van der Waals surface area contributed by atoms with Crippen molar-refractivity contribution in [2.24, 2.45) is 0 Å². The monoisotopic (exact) mass is 347 g/mol. The fraction of sp³-hybridized carbons (Fsp3) is 0.375. The first-order chi connectivity index (χ1) is 11.4. The number of thioether (sulfide) groups is 1. The minimum atomic E-state index is -0.355. The average Bonchev–Trinajstić information content (AvgIpc) is 2.50. The van der Waals surface area contributed by atoms with Crippen LogP contribution in [-0.2, 0) is 4.79 Å². The zero-order chi connectivity index (χ0) is 17.5. The number of amides is 1. The molecule has 2 rings (SSSR count). The first-order valence-corrected chi connectivity index (χ1v) is 8.51. The summed E-state index contributed by atoms with van der Waals surface area (Å²) in [6, 6.07) is 5.29. The summed E-state index contributed by atoms with van der Waals surface area (Å²) in [6.45, 7) is 6.58. The van der Waals surface area contributed by atoms with Gasteiger partial charge in [0.15, 0.2) is 5.16 Å². The van der Waals surface area contributed by atoms with E-state index in [1.54, 1.807) is 20.0 Å². The summed E-state index contributed by atoms with van der Waals surface area (Å²) in [6.07, 6.45) is 1.74. The van der Waals surface area contributed by atoms with Crippen molar-refractivity contribution in [1.29, 1.82) is 0 Å². The number of hydrogen-bond donors (Lipinski definition) is 3. The Labute approximate surface area is 144 Å². The molecule has 8 heteroatoms. The van der Waals surface area contributed by atoms with Crippen LogP contribution in [0.15, 0.2) is 34.3 Å². The summed E-state index contributed by atoms with van der Waals surface area (Å²) in [7, 11) is 0. The molecule has 0 fully saturated rings. The molecule has 3 N–H and O–H groups in total. The molecule has 1 amide bonds. The van der Waals surface area contributed by atoms with Crippen LogP contribution in [0.1, 0.15) is 18.2 Å². The van der Waals surface area contributed by atoms with Gasteiger partial charge in [0.05, 0.1) is 5.25 Å². The summed E-state index contributed by atoms with van der Waals surface area (Å²) in [5.41, 5.74) is 1.54. The van der Waals surface area contributed by atoms with Gasteiger partial charge in [-0.15, -0.1) is 0 Å². The van der Waals surface area contributed by atoms with E-state index in [-0.39, 0.29) is 16.7 Å². The topological polar surface area (TPSA) is 99.8 Å². The Hall–Kier alpha value is -2.35. The van der Waals surface area contributed by atoms with Gasteiger partial charge in [-0.25, -0.2) is 9.97 Å². The highest BCUT2D eigenvalue weighted by atomic mass is 32.2. The third kappa shape index (κ3) is 5.69. The van der Waals surface area contributed by atoms with E-state index >= 15 is 0 Å². The fourth-order valence-corrected chi connectivity index (χ4v) is 2.86. The maximum atomic E-state index is 12.1. The van der Waals surface area contributed by atoms with Gasteiger partial charge in [0.25, 0.3) is 5.56 Å². The molecule has 0 aliphatic carbocycles. The van der Waals surface area contributed by atoms with Crippen molar-refractivity contribution in [3.63, 3.8) is 0 Å². The Bertz CT molecular complexity index is 762. The number of aromatic amines is 1. The number of H-pyrrole nitrogens is 1. The van der Waals surface area contributed by atoms with Crippen LogP contribution in [0.4, 0.5) is 5.82 Å². The number of nitrogens with zero attached hydrogens (tertiary/aromatic N) is 2. The lowest BCUT2D eigenvalue weighted by Crippen LogP contribution is -2.34. The van der Waals surface area contributed by atoms with E-state index in [0.29, 0.717) is 23.9 Å². The third-order valence-corrected chi connectivity index (χ3v) is 4.14. The second-order valence-electron chi connectivity index (χ2n) is 5.39. The Morgan fingerprint density at radius 1 is 1.33 bits per heavy atom. The molecule has 128 valence electrons. The van der Waals surface area contributed by atoms with Crippen LogP contribution < -0.4 is 16.2 Å². The molecular formula is C16H21N5O2S. The Kier molecular flexibility index (Phi) is 6.36. The maximum absolute atomic E-state index is 12.1. The molecule has 0 aliphatic rings. The molecule has 0 aliphatic heterocycles. The van der Waals surface area contributed by atoms with Crippen molar-refractivity contribution < 1.29 is 4.79 Å². The number of nitrogens with one attached hydrogen (secondary N) is 3. The molecule has 0 saturated heterocycles. The highest BCUT2D eigenvalue weighted by Gasteiger charge is 2.15. The van der Waals surface area contributed by atoms with Crippen LogP contribution in [0.25, 0.3) is 0 Å². The van der Waals surface area contributed by atoms with Gasteiger partial charge < -0.3 is 15.6 Å². The summed E-state index contributed by atoms with van der Waals surface area (Å²) in [5, 5.41) is 6.09. The molecule has 0 bridgehead atoms. The van der Waals surface area contributed by atoms with E-state index in [2.05, 4.69) is 25.6 Å². The Morgan fingerprint density at radius 2 is 2.12 bits per heavy atom. The molecule has 0 saturated carbocycles. The predicted octanol–water partition coefficient (Wildman–Crippen LogP) is 1.49. The Balaban J connectivity index is 1.76. The predicted molar refractivity (Wildman–Crippen MR) is 95.4 cm³/mol. The second kappa shape index (κ2) is 8.49. The standard InChI is InChI=1S/C16H21N5O2S/c1-10-4-5-17-13(8-10)18-6-7-19-15(23)12(3)24-16-20-11(2)9-14(22)21-16/h4-5,8-9,12H,6-7H2,1-3H3,(H,17,18)(H,19,23)(H,20,21,22). The normalized spacial score (nSPS) is 11.8. The van der Waals surface area contributed by atoms with Crippen LogP contribution >= 0.6 is 11.8 Å². The molecule has 0 aromatic carbocycles. The van der Waals surface area contributed by atoms with Gasteiger partial charge in [-0.2, -0.15) is 0 Å². The van der Waals surface area contributed by atoms with Crippen LogP contribution in [-0.4, -0.2) is 39.2 Å². The molecule has 24 heavy (non-hydrogen) atoms. The van der Waals surface area contributed by atoms with E-state index in [9.17, 15) is 9.59 Å². The van der Waals surface area contributed by atoms with Crippen molar-refractivity contribution >= 4 is 23.5 Å². The molecule has 1 unspecified atom stereocenters. The van der Waals surface area contributed by atoms with Crippen LogP contribution in [0, 0.1) is 13.8 Å². The molecule has 0 spiro atoms.